The van der Waals surface area contributed by atoms with Crippen molar-refractivity contribution in [1.82, 2.24) is 4.90 Å². The third-order valence-electron chi connectivity index (χ3n) is 4.01. The van der Waals surface area contributed by atoms with Gasteiger partial charge in [0.1, 0.15) is 5.70 Å². The molecule has 2 N–H and O–H groups in total. The van der Waals surface area contributed by atoms with Crippen LogP contribution in [0.4, 0.5) is 36.4 Å². The summed E-state index contributed by atoms with van der Waals surface area (Å²) in [6.07, 6.45) is -11.6. The maximum Gasteiger partial charge on any atom is 0.435 e. The second kappa shape index (κ2) is 7.08. The Bertz CT molecular complexity index is 817. The highest BCUT2D eigenvalue weighted by atomic mass is 19.4. The average molecular weight is 414 g/mol. The zero-order valence-corrected chi connectivity index (χ0v) is 14.1. The highest BCUT2D eigenvalue weighted by molar-refractivity contribution is 6.17. The maximum absolute atomic E-state index is 14.1. The first kappa shape index (κ1) is 21.7. The van der Waals surface area contributed by atoms with Crippen LogP contribution in [0.1, 0.15) is 11.1 Å². The lowest BCUT2D eigenvalue weighted by atomic mass is 9.92. The van der Waals surface area contributed by atoms with Gasteiger partial charge < -0.3 is 10.4 Å². The molecular weight excluding hydrogens is 401 g/mol. The molecule has 5 nitrogen and oxygen atoms in total. The number of carbonyl (C=O) groups is 2. The fourth-order valence-electron chi connectivity index (χ4n) is 2.56. The molecule has 0 fully saturated rings. The Morgan fingerprint density at radius 2 is 1.61 bits per heavy atom. The Kier molecular flexibility index (Phi) is 5.48. The van der Waals surface area contributed by atoms with Gasteiger partial charge in [-0.15, -0.1) is 0 Å². The van der Waals surface area contributed by atoms with E-state index in [2.05, 4.69) is 5.32 Å². The summed E-state index contributed by atoms with van der Waals surface area (Å²) in [5.41, 5.74) is -7.87. The predicted molar refractivity (Wildman–Crippen MR) is 81.6 cm³/mol. The quantitative estimate of drug-likeness (QED) is 0.574. The number of rotatable bonds is 5. The van der Waals surface area contributed by atoms with Gasteiger partial charge in [0.05, 0.1) is 13.2 Å². The van der Waals surface area contributed by atoms with E-state index >= 15 is 0 Å². The number of hydrogen-bond donors (Lipinski definition) is 2. The molecule has 0 saturated heterocycles. The highest BCUT2D eigenvalue weighted by Crippen LogP contribution is 2.53. The molecular formula is C16H13F7N2O3. The van der Waals surface area contributed by atoms with Gasteiger partial charge in [0.25, 0.3) is 11.8 Å². The number of imide groups is 1. The SMILES string of the molecule is Cc1cc(C(F)(C(F)(F)F)C(F)(F)F)ccc1NC1=CC(=O)N(CCO)C1=O. The number of nitrogens with one attached hydrogen (secondary N) is 1. The molecule has 1 aliphatic heterocycles. The van der Waals surface area contributed by atoms with Crippen molar-refractivity contribution in [3.63, 3.8) is 0 Å². The second-order valence-corrected chi connectivity index (χ2v) is 5.89. The molecule has 0 saturated carbocycles. The maximum atomic E-state index is 14.1. The molecule has 12 heteroatoms. The molecule has 2 amide bonds. The van der Waals surface area contributed by atoms with Crippen LogP contribution in [0.2, 0.25) is 0 Å². The number of aryl methyl sites for hydroxylation is 1. The molecule has 154 valence electrons. The minimum Gasteiger partial charge on any atom is -0.395 e. The molecule has 0 aromatic heterocycles. The van der Waals surface area contributed by atoms with Crippen LogP contribution in [0.25, 0.3) is 0 Å². The van der Waals surface area contributed by atoms with Crippen LogP contribution in [-0.4, -0.2) is 47.3 Å². The zero-order chi connectivity index (χ0) is 21.5. The number of carbonyl (C=O) groups excluding carboxylic acids is 2. The van der Waals surface area contributed by atoms with E-state index in [1.54, 1.807) is 0 Å². The van der Waals surface area contributed by atoms with Crippen molar-refractivity contribution in [3.05, 3.63) is 41.1 Å². The Morgan fingerprint density at radius 1 is 1.04 bits per heavy atom. The first-order valence-electron chi connectivity index (χ1n) is 7.63. The van der Waals surface area contributed by atoms with Crippen molar-refractivity contribution >= 4 is 17.5 Å². The monoisotopic (exact) mass is 414 g/mol. The van der Waals surface area contributed by atoms with Crippen LogP contribution in [0.5, 0.6) is 0 Å². The summed E-state index contributed by atoms with van der Waals surface area (Å²) in [5.74, 6) is -1.60. The van der Waals surface area contributed by atoms with Crippen LogP contribution in [0.15, 0.2) is 30.0 Å². The van der Waals surface area contributed by atoms with Crippen molar-refractivity contribution < 1.29 is 45.4 Å². The van der Waals surface area contributed by atoms with E-state index in [0.717, 1.165) is 19.1 Å². The number of alkyl halides is 7. The summed E-state index contributed by atoms with van der Waals surface area (Å²) >= 11 is 0. The lowest BCUT2D eigenvalue weighted by molar-refractivity contribution is -0.348. The number of hydrogen-bond acceptors (Lipinski definition) is 4. The first-order chi connectivity index (χ1) is 12.7. The zero-order valence-electron chi connectivity index (χ0n) is 14.1. The van der Waals surface area contributed by atoms with Crippen LogP contribution in [0, 0.1) is 6.92 Å². The first-order valence-corrected chi connectivity index (χ1v) is 7.63. The van der Waals surface area contributed by atoms with Gasteiger partial charge in [0.15, 0.2) is 0 Å². The fourth-order valence-corrected chi connectivity index (χ4v) is 2.56. The number of anilines is 1. The van der Waals surface area contributed by atoms with E-state index in [-0.39, 0.29) is 23.5 Å². The van der Waals surface area contributed by atoms with E-state index in [4.69, 9.17) is 5.11 Å². The number of β-amino-alcohol motifs (C(OH)–C–C–N with tert-alkyl or cyclic N) is 1. The number of aliphatic hydroxyl groups is 1. The van der Waals surface area contributed by atoms with Gasteiger partial charge >= 0.3 is 18.0 Å². The average Bonchev–Trinajstić information content (AvgIpc) is 2.81. The number of benzene rings is 1. The molecule has 1 aromatic carbocycles. The summed E-state index contributed by atoms with van der Waals surface area (Å²) in [6.45, 7) is 0.310. The van der Waals surface area contributed by atoms with Gasteiger partial charge in [0, 0.05) is 17.3 Å². The van der Waals surface area contributed by atoms with Crippen LogP contribution >= 0.6 is 0 Å². The Morgan fingerprint density at radius 3 is 2.07 bits per heavy atom. The van der Waals surface area contributed by atoms with Gasteiger partial charge in [-0.05, 0) is 18.6 Å². The molecule has 1 aliphatic rings. The van der Waals surface area contributed by atoms with E-state index in [1.165, 1.54) is 0 Å². The van der Waals surface area contributed by atoms with E-state index < -0.39 is 42.0 Å². The van der Waals surface area contributed by atoms with Gasteiger partial charge in [-0.2, -0.15) is 26.3 Å². The Hall–Kier alpha value is -2.63. The van der Waals surface area contributed by atoms with Gasteiger partial charge in [0.2, 0.25) is 0 Å². The largest absolute Gasteiger partial charge is 0.435 e. The molecule has 2 rings (SSSR count). The van der Waals surface area contributed by atoms with Crippen LogP contribution in [0.3, 0.4) is 0 Å². The van der Waals surface area contributed by atoms with Gasteiger partial charge in [-0.1, -0.05) is 12.1 Å². The Labute approximate surface area is 153 Å². The molecule has 0 spiro atoms. The highest BCUT2D eigenvalue weighted by Gasteiger charge is 2.73. The normalized spacial score (nSPS) is 15.9. The summed E-state index contributed by atoms with van der Waals surface area (Å²) < 4.78 is 91.1. The summed E-state index contributed by atoms with van der Waals surface area (Å²) in [4.78, 5) is 24.3. The molecule has 28 heavy (non-hydrogen) atoms. The van der Waals surface area contributed by atoms with E-state index in [9.17, 15) is 40.3 Å². The third-order valence-corrected chi connectivity index (χ3v) is 4.01. The molecule has 0 bridgehead atoms. The fraction of sp³-hybridized carbons (Fsp3) is 0.375. The van der Waals surface area contributed by atoms with Crippen LogP contribution in [-0.2, 0) is 15.3 Å². The molecule has 0 aliphatic carbocycles. The number of nitrogens with zero attached hydrogens (tertiary/aromatic N) is 1. The number of halogens is 7. The molecule has 0 unspecified atom stereocenters. The predicted octanol–water partition coefficient (Wildman–Crippen LogP) is 2.94. The molecule has 0 atom stereocenters. The van der Waals surface area contributed by atoms with Crippen molar-refractivity contribution in [3.8, 4) is 0 Å². The minimum atomic E-state index is -6.24. The standard InChI is InChI=1S/C16H13F7N2O3/c1-8-6-9(14(17,15(18,19)20)16(21,22)23)2-3-10(8)24-11-7-12(27)25(4-5-26)13(11)28/h2-3,6-7,24,26H,4-5H2,1H3. The summed E-state index contributed by atoms with van der Waals surface area (Å²) in [5, 5.41) is 11.2. The lowest BCUT2D eigenvalue weighted by Gasteiger charge is -2.30. The molecule has 1 heterocycles. The number of aliphatic hydroxyl groups excluding tert-OH is 1. The lowest BCUT2D eigenvalue weighted by Crippen LogP contribution is -2.50. The summed E-state index contributed by atoms with van der Waals surface area (Å²) in [6, 6.07) is 1.39. The topological polar surface area (TPSA) is 69.6 Å². The number of amides is 2. The van der Waals surface area contributed by atoms with Crippen molar-refractivity contribution in [2.75, 3.05) is 18.5 Å². The van der Waals surface area contributed by atoms with E-state index in [0.29, 0.717) is 17.0 Å². The van der Waals surface area contributed by atoms with Gasteiger partial charge in [-0.3, -0.25) is 14.5 Å². The summed E-state index contributed by atoms with van der Waals surface area (Å²) in [7, 11) is 0. The molecule has 1 aromatic rings. The van der Waals surface area contributed by atoms with E-state index in [1.807, 2.05) is 0 Å². The van der Waals surface area contributed by atoms with Crippen molar-refractivity contribution in [1.29, 1.82) is 0 Å². The van der Waals surface area contributed by atoms with Crippen molar-refractivity contribution in [2.24, 2.45) is 0 Å². The Balaban J connectivity index is 2.37. The smallest absolute Gasteiger partial charge is 0.395 e. The molecule has 0 radical (unpaired) electrons. The van der Waals surface area contributed by atoms with Crippen molar-refractivity contribution in [2.45, 2.75) is 24.9 Å². The second-order valence-electron chi connectivity index (χ2n) is 5.89. The minimum absolute atomic E-state index is 0.103. The third kappa shape index (κ3) is 3.55. The van der Waals surface area contributed by atoms with Crippen LogP contribution < -0.4 is 5.32 Å². The van der Waals surface area contributed by atoms with Gasteiger partial charge in [-0.25, -0.2) is 4.39 Å².